The summed E-state index contributed by atoms with van der Waals surface area (Å²) in [4.78, 5) is 0. The molecule has 0 bridgehead atoms. The van der Waals surface area contributed by atoms with Gasteiger partial charge in [-0.3, -0.25) is 0 Å². The third-order valence-electron chi connectivity index (χ3n) is 3.64. The van der Waals surface area contributed by atoms with E-state index in [1.165, 1.54) is 45.1 Å². The van der Waals surface area contributed by atoms with E-state index in [0.29, 0.717) is 0 Å². The number of rotatable bonds is 5. The molecular weight excluding hydrogens is 218 g/mol. The SMILES string of the molecule is CC(CNC1CCCC1)SC1CCOCC1. The van der Waals surface area contributed by atoms with E-state index in [0.717, 1.165) is 29.8 Å². The zero-order valence-electron chi connectivity index (χ0n) is 10.4. The molecule has 0 aromatic heterocycles. The summed E-state index contributed by atoms with van der Waals surface area (Å²) in [6, 6.07) is 0.817. The fraction of sp³-hybridized carbons (Fsp3) is 1.00. The van der Waals surface area contributed by atoms with Crippen molar-refractivity contribution < 1.29 is 4.74 Å². The van der Waals surface area contributed by atoms with Gasteiger partial charge in [0.2, 0.25) is 0 Å². The normalized spacial score (nSPS) is 26.1. The molecule has 2 rings (SSSR count). The van der Waals surface area contributed by atoms with Gasteiger partial charge in [0.05, 0.1) is 0 Å². The van der Waals surface area contributed by atoms with Crippen LogP contribution >= 0.6 is 11.8 Å². The molecule has 1 aliphatic carbocycles. The fourth-order valence-electron chi connectivity index (χ4n) is 2.65. The molecule has 0 aromatic carbocycles. The van der Waals surface area contributed by atoms with Gasteiger partial charge in [-0.25, -0.2) is 0 Å². The first-order valence-corrected chi connectivity index (χ1v) is 7.75. The Balaban J connectivity index is 1.57. The minimum absolute atomic E-state index is 0.753. The molecule has 1 atom stereocenters. The Morgan fingerprint density at radius 2 is 1.88 bits per heavy atom. The van der Waals surface area contributed by atoms with Gasteiger partial charge >= 0.3 is 0 Å². The predicted octanol–water partition coefficient (Wildman–Crippen LogP) is 2.82. The van der Waals surface area contributed by atoms with Crippen molar-refractivity contribution in [3.05, 3.63) is 0 Å². The van der Waals surface area contributed by atoms with E-state index in [1.807, 2.05) is 0 Å². The van der Waals surface area contributed by atoms with Crippen LogP contribution in [0.4, 0.5) is 0 Å². The maximum atomic E-state index is 5.39. The van der Waals surface area contributed by atoms with E-state index in [4.69, 9.17) is 4.74 Å². The molecule has 1 N–H and O–H groups in total. The minimum atomic E-state index is 0.753. The van der Waals surface area contributed by atoms with Gasteiger partial charge in [0.25, 0.3) is 0 Å². The number of ether oxygens (including phenoxy) is 1. The first kappa shape index (κ1) is 12.7. The van der Waals surface area contributed by atoms with Gasteiger partial charge < -0.3 is 10.1 Å². The molecular formula is C13H25NOS. The van der Waals surface area contributed by atoms with Crippen molar-refractivity contribution in [1.82, 2.24) is 5.32 Å². The van der Waals surface area contributed by atoms with Crippen LogP contribution in [0.3, 0.4) is 0 Å². The maximum Gasteiger partial charge on any atom is 0.0476 e. The van der Waals surface area contributed by atoms with E-state index in [9.17, 15) is 0 Å². The molecule has 16 heavy (non-hydrogen) atoms. The van der Waals surface area contributed by atoms with Crippen molar-refractivity contribution in [2.75, 3.05) is 19.8 Å². The third kappa shape index (κ3) is 4.27. The molecule has 1 unspecified atom stereocenters. The molecule has 0 amide bonds. The van der Waals surface area contributed by atoms with Gasteiger partial charge in [-0.2, -0.15) is 11.8 Å². The molecule has 1 heterocycles. The van der Waals surface area contributed by atoms with Crippen LogP contribution in [0.25, 0.3) is 0 Å². The minimum Gasteiger partial charge on any atom is -0.381 e. The summed E-state index contributed by atoms with van der Waals surface area (Å²) < 4.78 is 5.39. The lowest BCUT2D eigenvalue weighted by molar-refractivity contribution is 0.0999. The largest absolute Gasteiger partial charge is 0.381 e. The molecule has 2 fully saturated rings. The van der Waals surface area contributed by atoms with Gasteiger partial charge in [0, 0.05) is 36.3 Å². The Labute approximate surface area is 104 Å². The van der Waals surface area contributed by atoms with Gasteiger partial charge in [-0.1, -0.05) is 19.8 Å². The Morgan fingerprint density at radius 3 is 2.56 bits per heavy atom. The highest BCUT2D eigenvalue weighted by Crippen LogP contribution is 2.26. The molecule has 1 saturated carbocycles. The standard InChI is InChI=1S/C13H25NOS/c1-11(10-14-12-4-2-3-5-12)16-13-6-8-15-9-7-13/h11-14H,2-10H2,1H3. The second kappa shape index (κ2) is 6.87. The van der Waals surface area contributed by atoms with E-state index in [-0.39, 0.29) is 0 Å². The predicted molar refractivity (Wildman–Crippen MR) is 71.2 cm³/mol. The van der Waals surface area contributed by atoms with E-state index in [1.54, 1.807) is 0 Å². The van der Waals surface area contributed by atoms with E-state index < -0.39 is 0 Å². The molecule has 2 aliphatic rings. The van der Waals surface area contributed by atoms with Crippen molar-refractivity contribution in [3.63, 3.8) is 0 Å². The third-order valence-corrected chi connectivity index (χ3v) is 5.13. The van der Waals surface area contributed by atoms with Crippen LogP contribution < -0.4 is 5.32 Å². The second-order valence-corrected chi connectivity index (χ2v) is 6.89. The van der Waals surface area contributed by atoms with Crippen molar-refractivity contribution in [2.45, 2.75) is 62.0 Å². The highest BCUT2D eigenvalue weighted by atomic mass is 32.2. The summed E-state index contributed by atoms with van der Waals surface area (Å²) in [7, 11) is 0. The molecule has 94 valence electrons. The van der Waals surface area contributed by atoms with Crippen LogP contribution in [0.15, 0.2) is 0 Å². The number of hydrogen-bond donors (Lipinski definition) is 1. The molecule has 1 saturated heterocycles. The zero-order chi connectivity index (χ0) is 11.2. The number of thioether (sulfide) groups is 1. The van der Waals surface area contributed by atoms with Gasteiger partial charge in [0.1, 0.15) is 0 Å². The van der Waals surface area contributed by atoms with Crippen molar-refractivity contribution >= 4 is 11.8 Å². The summed E-state index contributed by atoms with van der Waals surface area (Å²) in [5, 5.41) is 5.31. The van der Waals surface area contributed by atoms with Crippen LogP contribution in [0.1, 0.15) is 45.4 Å². The molecule has 0 aromatic rings. The lowest BCUT2D eigenvalue weighted by Gasteiger charge is -2.25. The number of nitrogens with one attached hydrogen (secondary N) is 1. The first-order valence-electron chi connectivity index (χ1n) is 6.81. The highest BCUT2D eigenvalue weighted by Gasteiger charge is 2.19. The Morgan fingerprint density at radius 1 is 1.19 bits per heavy atom. The fourth-order valence-corrected chi connectivity index (χ4v) is 3.97. The van der Waals surface area contributed by atoms with Crippen LogP contribution in [0.5, 0.6) is 0 Å². The second-order valence-electron chi connectivity index (χ2n) is 5.15. The Hall–Kier alpha value is 0.270. The van der Waals surface area contributed by atoms with E-state index in [2.05, 4.69) is 24.0 Å². The smallest absolute Gasteiger partial charge is 0.0476 e. The summed E-state index contributed by atoms with van der Waals surface area (Å²) >= 11 is 2.16. The van der Waals surface area contributed by atoms with Gasteiger partial charge in [-0.05, 0) is 25.7 Å². The van der Waals surface area contributed by atoms with Crippen molar-refractivity contribution in [3.8, 4) is 0 Å². The Kier molecular flexibility index (Phi) is 5.46. The quantitative estimate of drug-likeness (QED) is 0.802. The average molecular weight is 243 g/mol. The topological polar surface area (TPSA) is 21.3 Å². The lowest BCUT2D eigenvalue weighted by atomic mass is 10.2. The first-order chi connectivity index (χ1) is 7.84. The summed E-state index contributed by atoms with van der Waals surface area (Å²) in [6.45, 7) is 5.50. The van der Waals surface area contributed by atoms with Crippen LogP contribution in [-0.2, 0) is 4.74 Å². The lowest BCUT2D eigenvalue weighted by Crippen LogP contribution is -2.32. The van der Waals surface area contributed by atoms with Crippen molar-refractivity contribution in [2.24, 2.45) is 0 Å². The van der Waals surface area contributed by atoms with Gasteiger partial charge in [0.15, 0.2) is 0 Å². The van der Waals surface area contributed by atoms with Crippen LogP contribution in [0.2, 0.25) is 0 Å². The van der Waals surface area contributed by atoms with Crippen LogP contribution in [-0.4, -0.2) is 36.3 Å². The highest BCUT2D eigenvalue weighted by molar-refractivity contribution is 8.00. The molecule has 0 spiro atoms. The number of hydrogen-bond acceptors (Lipinski definition) is 3. The zero-order valence-corrected chi connectivity index (χ0v) is 11.2. The monoisotopic (exact) mass is 243 g/mol. The Bertz CT molecular complexity index is 188. The average Bonchev–Trinajstić information content (AvgIpc) is 2.81. The summed E-state index contributed by atoms with van der Waals surface area (Å²) in [5.41, 5.74) is 0. The van der Waals surface area contributed by atoms with Crippen molar-refractivity contribution in [1.29, 1.82) is 0 Å². The molecule has 3 heteroatoms. The van der Waals surface area contributed by atoms with E-state index >= 15 is 0 Å². The summed E-state index contributed by atoms with van der Waals surface area (Å²) in [5.74, 6) is 0. The molecule has 2 nitrogen and oxygen atoms in total. The molecule has 1 aliphatic heterocycles. The van der Waals surface area contributed by atoms with Gasteiger partial charge in [-0.15, -0.1) is 0 Å². The maximum absolute atomic E-state index is 5.39. The van der Waals surface area contributed by atoms with Crippen LogP contribution in [0, 0.1) is 0 Å². The summed E-state index contributed by atoms with van der Waals surface area (Å²) in [6.07, 6.45) is 8.15. The molecule has 0 radical (unpaired) electrons.